The maximum Gasteiger partial charge on any atom is -0.813 e. The van der Waals surface area contributed by atoms with Crippen molar-refractivity contribution in [2.75, 3.05) is 6.26 Å². The first-order valence-corrected chi connectivity index (χ1v) is 22.6. The second-order valence-corrected chi connectivity index (χ2v) is 38.4. The quantitative estimate of drug-likeness (QED) is 0.199. The molecule has 0 amide bonds. The van der Waals surface area contributed by atoms with E-state index in [1.165, 1.54) is 0 Å². The van der Waals surface area contributed by atoms with Gasteiger partial charge < -0.3 is 40.5 Å². The van der Waals surface area contributed by atoms with Crippen LogP contribution < -0.4 is 0 Å². The van der Waals surface area contributed by atoms with E-state index < -0.39 is 0 Å². The maximum atomic E-state index is 2.40. The Kier molecular flexibility index (Phi) is 53.9. The largest absolute Gasteiger partial charge is 0.813 e. The summed E-state index contributed by atoms with van der Waals surface area (Å²) in [5.74, 6) is 4.68. The molecule has 0 atom stereocenters. The Balaban J connectivity index is -0.0000000817. The molecule has 0 saturated carbocycles. The van der Waals surface area contributed by atoms with Crippen molar-refractivity contribution >= 4 is 119 Å². The minimum atomic E-state index is 0. The number of thiol groups is 3. The van der Waals surface area contributed by atoms with Gasteiger partial charge in [-0.1, -0.05) is 0 Å². The molecule has 0 unspecified atom stereocenters. The number of hydrogen-bond donors (Lipinski definition) is 0. The molecule has 11 heavy (non-hydrogen) atoms. The van der Waals surface area contributed by atoms with Crippen molar-refractivity contribution in [3.63, 3.8) is 0 Å². The van der Waals surface area contributed by atoms with Crippen LogP contribution in [0.25, 0.3) is 0 Å². The van der Waals surface area contributed by atoms with E-state index in [-0.39, 0.29) is 98.3 Å². The van der Waals surface area contributed by atoms with Gasteiger partial charge in [0, 0.05) is 0 Å². The van der Waals surface area contributed by atoms with Crippen molar-refractivity contribution in [3.05, 3.63) is 0 Å². The zero-order chi connectivity index (χ0) is 6.24. The van der Waals surface area contributed by atoms with E-state index in [1.807, 2.05) is 0 Å². The van der Waals surface area contributed by atoms with Gasteiger partial charge in [-0.15, -0.1) is 0 Å². The predicted octanol–water partition coefficient (Wildman–Crippen LogP) is 0.741. The minimum Gasteiger partial charge on any atom is -0.813 e. The summed E-state index contributed by atoms with van der Waals surface area (Å²) in [5, 5.41) is 0. The van der Waals surface area contributed by atoms with Crippen LogP contribution in [0.2, 0.25) is 4.87 Å². The van der Waals surface area contributed by atoms with E-state index in [1.54, 1.807) is 0 Å². The Morgan fingerprint density at radius 2 is 1.45 bits per heavy atom. The standard InChI is InChI=1S/CH4S.CH3.3H2S.2S.3Sb/c1-2;;;;;;;;;/h2H,1H3;1H3;3*1H2;;;;;/q;;;;;;;;;+1/p-4. The molecule has 3 radical (unpaired) electrons. The van der Waals surface area contributed by atoms with E-state index in [4.69, 9.17) is 0 Å². The molecule has 0 bridgehead atoms. The smallest absolute Gasteiger partial charge is 0.813 e. The summed E-state index contributed by atoms with van der Waals surface area (Å²) in [4.78, 5) is 2.40. The first-order chi connectivity index (χ1) is 3.91. The van der Waals surface area contributed by atoms with Gasteiger partial charge in [0.1, 0.15) is 0 Å². The third kappa shape index (κ3) is 25.1. The Morgan fingerprint density at radius 1 is 0.909 bits per heavy atom. The fourth-order valence-electron chi connectivity index (χ4n) is 0.0952. The topological polar surface area (TPSA) is 0 Å². The van der Waals surface area contributed by atoms with Crippen LogP contribution in [-0.4, -0.2) is 64.1 Å². The van der Waals surface area contributed by atoms with Crippen molar-refractivity contribution in [1.82, 2.24) is 0 Å². The first kappa shape index (κ1) is 24.7. The van der Waals surface area contributed by atoms with Crippen LogP contribution in [0.1, 0.15) is 0 Å². The molecule has 0 N–H and O–H groups in total. The fraction of sp³-hybridized carbons (Fsp3) is 1.00. The Hall–Kier alpha value is 4.55. The summed E-state index contributed by atoms with van der Waals surface area (Å²) in [6.07, 6.45) is 2.25. The summed E-state index contributed by atoms with van der Waals surface area (Å²) in [5.41, 5.74) is 0. The van der Waals surface area contributed by atoms with E-state index in [9.17, 15) is 0 Å². The van der Waals surface area contributed by atoms with Gasteiger partial charge in [0.05, 0.1) is 0 Å². The van der Waals surface area contributed by atoms with Crippen LogP contribution in [0, 0.1) is 0 Å². The van der Waals surface area contributed by atoms with Crippen LogP contribution in [0.5, 0.6) is 0 Å². The van der Waals surface area contributed by atoms with E-state index in [0.717, 1.165) is 0 Å². The molecule has 0 heterocycles. The van der Waals surface area contributed by atoms with Crippen LogP contribution in [0.4, 0.5) is 0 Å². The van der Waals surface area contributed by atoms with E-state index in [0.29, 0.717) is 0 Å². The van der Waals surface area contributed by atoms with Gasteiger partial charge in [-0.2, -0.15) is 0 Å². The fourth-order valence-corrected chi connectivity index (χ4v) is 84.0. The van der Waals surface area contributed by atoms with Gasteiger partial charge in [-0.25, -0.2) is 0 Å². The number of rotatable bonds is 5. The zero-order valence-electron chi connectivity index (χ0n) is 5.91. The predicted molar refractivity (Wildman–Crippen MR) is 78.1 cm³/mol. The van der Waals surface area contributed by atoms with Gasteiger partial charge in [0.25, 0.3) is 0 Å². The molecule has 0 nitrogen and oxygen atoms in total. The molecular formula is C2H9S6Sb3-3. The Bertz CT molecular complexity index is 40.8. The Morgan fingerprint density at radius 3 is 1.82 bits per heavy atom. The molecule has 0 aliphatic heterocycles. The van der Waals surface area contributed by atoms with Gasteiger partial charge in [0.15, 0.2) is 0 Å². The molecule has 0 aromatic heterocycles. The SMILES string of the molecule is C[S][Sb][S][Sb][S][Sb][CH3].[SH-].[SH-].[SH-]. The third-order valence-electron chi connectivity index (χ3n) is 0.256. The maximum absolute atomic E-state index is 2.40. The molecular weight excluding hydrogens is 582 g/mol. The zero-order valence-corrected chi connectivity index (χ0v) is 18.7. The normalized spacial score (nSPS) is 7.09. The second kappa shape index (κ2) is 24.0. The first-order valence-electron chi connectivity index (χ1n) is 1.77. The summed E-state index contributed by atoms with van der Waals surface area (Å²) in [7, 11) is 2.11. The van der Waals surface area contributed by atoms with Crippen LogP contribution in [0.15, 0.2) is 0 Å². The molecule has 0 fully saturated rings. The third-order valence-corrected chi connectivity index (χ3v) is 56.0. The van der Waals surface area contributed by atoms with Gasteiger partial charge >= 0.3 is 89.7 Å². The van der Waals surface area contributed by atoms with Crippen LogP contribution in [-0.2, 0) is 40.5 Å². The van der Waals surface area contributed by atoms with Crippen molar-refractivity contribution in [2.24, 2.45) is 0 Å². The molecule has 0 spiro atoms. The van der Waals surface area contributed by atoms with Crippen molar-refractivity contribution < 1.29 is 0 Å². The van der Waals surface area contributed by atoms with Crippen LogP contribution >= 0.6 is 20.7 Å². The van der Waals surface area contributed by atoms with Crippen LogP contribution in [0.3, 0.4) is 0 Å². The van der Waals surface area contributed by atoms with E-state index >= 15 is 0 Å². The van der Waals surface area contributed by atoms with Gasteiger partial charge in [-0.3, -0.25) is 0 Å². The van der Waals surface area contributed by atoms with Crippen molar-refractivity contribution in [2.45, 2.75) is 4.87 Å². The van der Waals surface area contributed by atoms with Crippen molar-refractivity contribution in [3.8, 4) is 0 Å². The summed E-state index contributed by atoms with van der Waals surface area (Å²) in [6, 6.07) is 0. The van der Waals surface area contributed by atoms with Gasteiger partial charge in [0.2, 0.25) is 0 Å². The molecule has 0 rings (SSSR count). The van der Waals surface area contributed by atoms with E-state index in [2.05, 4.69) is 31.8 Å². The average Bonchev–Trinajstić information content (AvgIpc) is 1.81. The molecule has 0 aromatic carbocycles. The molecule has 71 valence electrons. The average molecular weight is 591 g/mol. The summed E-state index contributed by atoms with van der Waals surface area (Å²) >= 11 is 0.769. The van der Waals surface area contributed by atoms with Gasteiger partial charge in [-0.05, 0) is 0 Å². The summed E-state index contributed by atoms with van der Waals surface area (Å²) < 4.78 is 0. The molecule has 0 aromatic rings. The number of hydrogen-bond acceptors (Lipinski definition) is 6. The molecule has 9 heteroatoms. The Labute approximate surface area is 127 Å². The monoisotopic (exact) mass is 588 g/mol. The van der Waals surface area contributed by atoms with Crippen molar-refractivity contribution in [1.29, 1.82) is 0 Å². The second-order valence-electron chi connectivity index (χ2n) is 0.678. The molecule has 0 aliphatic rings. The molecule has 0 aliphatic carbocycles. The molecule has 0 saturated heterocycles. The summed E-state index contributed by atoms with van der Waals surface area (Å²) in [6.45, 7) is 0. The minimum absolute atomic E-state index is 0.